The summed E-state index contributed by atoms with van der Waals surface area (Å²) in [5.74, 6) is 2.51. The number of rotatable bonds is 8. The molecule has 0 aliphatic carbocycles. The minimum Gasteiger partial charge on any atom is -0.492 e. The minimum atomic E-state index is 0.151. The van der Waals surface area contributed by atoms with Gasteiger partial charge in [-0.25, -0.2) is 0 Å². The van der Waals surface area contributed by atoms with Crippen LogP contribution in [0.5, 0.6) is 5.75 Å². The minimum absolute atomic E-state index is 0.151. The summed E-state index contributed by atoms with van der Waals surface area (Å²) < 4.78 is 5.83. The topological polar surface area (TPSA) is 21.3 Å². The molecule has 0 aromatic heterocycles. The molecule has 1 rings (SSSR count). The zero-order valence-electron chi connectivity index (χ0n) is 14.7. The van der Waals surface area contributed by atoms with Crippen molar-refractivity contribution in [3.63, 3.8) is 0 Å². The first-order valence-corrected chi connectivity index (χ1v) is 8.24. The van der Waals surface area contributed by atoms with E-state index in [-0.39, 0.29) is 5.54 Å². The molecule has 0 aliphatic rings. The standard InChI is InChI=1S/C19H33NO/c1-15(2)16(3)10-11-17-8-7-9-18(14-17)21-13-12-20-19(4,5)6/h7-9,14-16,20H,10-13H2,1-6H3/t16-/m0/s1. The summed E-state index contributed by atoms with van der Waals surface area (Å²) >= 11 is 0. The Balaban J connectivity index is 2.38. The van der Waals surface area contributed by atoms with E-state index in [0.29, 0.717) is 6.61 Å². The summed E-state index contributed by atoms with van der Waals surface area (Å²) in [6.45, 7) is 15.0. The van der Waals surface area contributed by atoms with Gasteiger partial charge in [-0.2, -0.15) is 0 Å². The Hall–Kier alpha value is -1.02. The maximum atomic E-state index is 5.83. The maximum Gasteiger partial charge on any atom is 0.119 e. The molecule has 0 radical (unpaired) electrons. The highest BCUT2D eigenvalue weighted by Gasteiger charge is 2.09. The number of hydrogen-bond donors (Lipinski definition) is 1. The first kappa shape index (κ1) is 18.0. The third-order valence-electron chi connectivity index (χ3n) is 3.95. The number of nitrogens with one attached hydrogen (secondary N) is 1. The summed E-state index contributed by atoms with van der Waals surface area (Å²) in [5.41, 5.74) is 1.53. The van der Waals surface area contributed by atoms with Gasteiger partial charge in [-0.05, 0) is 63.1 Å². The van der Waals surface area contributed by atoms with Crippen LogP contribution >= 0.6 is 0 Å². The van der Waals surface area contributed by atoms with E-state index in [1.54, 1.807) is 0 Å². The van der Waals surface area contributed by atoms with Gasteiger partial charge >= 0.3 is 0 Å². The largest absolute Gasteiger partial charge is 0.492 e. The lowest BCUT2D eigenvalue weighted by atomic mass is 9.91. The van der Waals surface area contributed by atoms with Crippen LogP contribution in [0.4, 0.5) is 0 Å². The van der Waals surface area contributed by atoms with Crippen LogP contribution in [0.2, 0.25) is 0 Å². The van der Waals surface area contributed by atoms with E-state index in [1.165, 1.54) is 12.0 Å². The lowest BCUT2D eigenvalue weighted by Gasteiger charge is -2.20. The predicted octanol–water partition coefficient (Wildman–Crippen LogP) is 4.68. The van der Waals surface area contributed by atoms with Crippen LogP contribution in [0.15, 0.2) is 24.3 Å². The van der Waals surface area contributed by atoms with E-state index in [1.807, 2.05) is 6.07 Å². The SMILES string of the molecule is CC(C)[C@@H](C)CCc1cccc(OCCNC(C)(C)C)c1. The van der Waals surface area contributed by atoms with Gasteiger partial charge in [0.05, 0.1) is 0 Å². The van der Waals surface area contributed by atoms with E-state index >= 15 is 0 Å². The molecule has 120 valence electrons. The molecule has 0 aliphatic heterocycles. The number of aryl methyl sites for hydroxylation is 1. The third-order valence-corrected chi connectivity index (χ3v) is 3.95. The second-order valence-corrected chi connectivity index (χ2v) is 7.43. The van der Waals surface area contributed by atoms with Crippen molar-refractivity contribution in [3.8, 4) is 5.75 Å². The number of benzene rings is 1. The Morgan fingerprint density at radius 1 is 1.14 bits per heavy atom. The summed E-state index contributed by atoms with van der Waals surface area (Å²) in [7, 11) is 0. The average Bonchev–Trinajstić information content (AvgIpc) is 2.40. The van der Waals surface area contributed by atoms with Gasteiger partial charge in [-0.15, -0.1) is 0 Å². The summed E-state index contributed by atoms with van der Waals surface area (Å²) in [4.78, 5) is 0. The molecule has 0 fully saturated rings. The Bertz CT molecular complexity index is 406. The fourth-order valence-electron chi connectivity index (χ4n) is 2.11. The Morgan fingerprint density at radius 3 is 2.48 bits per heavy atom. The van der Waals surface area contributed by atoms with Crippen LogP contribution in [-0.4, -0.2) is 18.7 Å². The smallest absolute Gasteiger partial charge is 0.119 e. The van der Waals surface area contributed by atoms with Crippen molar-refractivity contribution in [3.05, 3.63) is 29.8 Å². The normalized spacial score (nSPS) is 13.5. The molecule has 1 N–H and O–H groups in total. The van der Waals surface area contributed by atoms with Gasteiger partial charge in [-0.3, -0.25) is 0 Å². The highest BCUT2D eigenvalue weighted by atomic mass is 16.5. The first-order chi connectivity index (χ1) is 9.78. The van der Waals surface area contributed by atoms with E-state index in [4.69, 9.17) is 4.74 Å². The molecular formula is C19H33NO. The maximum absolute atomic E-state index is 5.83. The zero-order valence-corrected chi connectivity index (χ0v) is 14.7. The lowest BCUT2D eigenvalue weighted by molar-refractivity contribution is 0.290. The van der Waals surface area contributed by atoms with E-state index in [9.17, 15) is 0 Å². The van der Waals surface area contributed by atoms with Gasteiger partial charge in [-0.1, -0.05) is 32.9 Å². The molecule has 0 unspecified atom stereocenters. The Labute approximate surface area is 131 Å². The number of ether oxygens (including phenoxy) is 1. The van der Waals surface area contributed by atoms with Crippen LogP contribution in [-0.2, 0) is 6.42 Å². The molecule has 0 saturated heterocycles. The molecule has 2 heteroatoms. The van der Waals surface area contributed by atoms with Gasteiger partial charge in [0.1, 0.15) is 12.4 Å². The van der Waals surface area contributed by atoms with E-state index in [0.717, 1.165) is 30.6 Å². The fourth-order valence-corrected chi connectivity index (χ4v) is 2.11. The molecule has 1 aromatic carbocycles. The van der Waals surface area contributed by atoms with Crippen LogP contribution < -0.4 is 10.1 Å². The van der Waals surface area contributed by atoms with Crippen molar-refractivity contribution < 1.29 is 4.74 Å². The second-order valence-electron chi connectivity index (χ2n) is 7.43. The van der Waals surface area contributed by atoms with Crippen LogP contribution in [0.25, 0.3) is 0 Å². The molecular weight excluding hydrogens is 258 g/mol. The second kappa shape index (κ2) is 8.43. The van der Waals surface area contributed by atoms with Crippen molar-refractivity contribution >= 4 is 0 Å². The fraction of sp³-hybridized carbons (Fsp3) is 0.684. The van der Waals surface area contributed by atoms with Gasteiger partial charge in [0.25, 0.3) is 0 Å². The molecule has 0 saturated carbocycles. The van der Waals surface area contributed by atoms with E-state index in [2.05, 4.69) is 65.1 Å². The van der Waals surface area contributed by atoms with Gasteiger partial charge in [0.15, 0.2) is 0 Å². The Kier molecular flexibility index (Phi) is 7.24. The van der Waals surface area contributed by atoms with E-state index < -0.39 is 0 Å². The predicted molar refractivity (Wildman–Crippen MR) is 92.0 cm³/mol. The molecule has 1 aromatic rings. The molecule has 0 amide bonds. The monoisotopic (exact) mass is 291 g/mol. The summed E-state index contributed by atoms with van der Waals surface area (Å²) in [6.07, 6.45) is 2.38. The molecule has 21 heavy (non-hydrogen) atoms. The van der Waals surface area contributed by atoms with Crippen LogP contribution in [0, 0.1) is 11.8 Å². The molecule has 0 bridgehead atoms. The van der Waals surface area contributed by atoms with Crippen LogP contribution in [0.1, 0.15) is 53.5 Å². The number of hydrogen-bond acceptors (Lipinski definition) is 2. The van der Waals surface area contributed by atoms with Gasteiger partial charge in [0.2, 0.25) is 0 Å². The molecule has 0 heterocycles. The van der Waals surface area contributed by atoms with Crippen molar-refractivity contribution in [1.29, 1.82) is 0 Å². The first-order valence-electron chi connectivity index (χ1n) is 8.24. The Morgan fingerprint density at radius 2 is 1.86 bits per heavy atom. The zero-order chi connectivity index (χ0) is 15.9. The van der Waals surface area contributed by atoms with Crippen LogP contribution in [0.3, 0.4) is 0 Å². The molecule has 1 atom stereocenters. The average molecular weight is 291 g/mol. The summed E-state index contributed by atoms with van der Waals surface area (Å²) in [5, 5.41) is 3.43. The van der Waals surface area contributed by atoms with Crippen molar-refractivity contribution in [2.75, 3.05) is 13.2 Å². The lowest BCUT2D eigenvalue weighted by Crippen LogP contribution is -2.38. The summed E-state index contributed by atoms with van der Waals surface area (Å²) in [6, 6.07) is 8.53. The van der Waals surface area contributed by atoms with Crippen molar-refractivity contribution in [2.45, 2.75) is 59.9 Å². The highest BCUT2D eigenvalue weighted by molar-refractivity contribution is 5.28. The third kappa shape index (κ3) is 8.11. The molecule has 2 nitrogen and oxygen atoms in total. The van der Waals surface area contributed by atoms with Gasteiger partial charge in [0, 0.05) is 12.1 Å². The van der Waals surface area contributed by atoms with Crippen molar-refractivity contribution in [2.24, 2.45) is 11.8 Å². The quantitative estimate of drug-likeness (QED) is 0.702. The molecule has 0 spiro atoms. The van der Waals surface area contributed by atoms with Gasteiger partial charge < -0.3 is 10.1 Å². The van der Waals surface area contributed by atoms with Crippen molar-refractivity contribution in [1.82, 2.24) is 5.32 Å². The highest BCUT2D eigenvalue weighted by Crippen LogP contribution is 2.19.